The highest BCUT2D eigenvalue weighted by atomic mass is 35.5. The highest BCUT2D eigenvalue weighted by Gasteiger charge is 2.14. The molecule has 2 aromatic carbocycles. The molecule has 1 amide bonds. The fraction of sp³-hybridized carbons (Fsp3) is 0.188. The summed E-state index contributed by atoms with van der Waals surface area (Å²) in [6, 6.07) is 10.2. The van der Waals surface area contributed by atoms with Gasteiger partial charge in [-0.15, -0.1) is 0 Å². The Morgan fingerprint density at radius 3 is 2.50 bits per heavy atom. The molecule has 0 unspecified atom stereocenters. The molecule has 0 spiro atoms. The molecule has 0 aliphatic rings. The van der Waals surface area contributed by atoms with Crippen molar-refractivity contribution in [1.82, 2.24) is 5.32 Å². The molecule has 0 saturated heterocycles. The molecular formula is C16H15Cl2NO3. The van der Waals surface area contributed by atoms with Crippen LogP contribution in [-0.4, -0.2) is 20.1 Å². The molecule has 2 rings (SSSR count). The van der Waals surface area contributed by atoms with Gasteiger partial charge in [0.2, 0.25) is 0 Å². The van der Waals surface area contributed by atoms with Crippen LogP contribution in [-0.2, 0) is 6.54 Å². The molecule has 22 heavy (non-hydrogen) atoms. The van der Waals surface area contributed by atoms with E-state index in [1.807, 2.05) is 0 Å². The van der Waals surface area contributed by atoms with Crippen LogP contribution in [0.3, 0.4) is 0 Å². The van der Waals surface area contributed by atoms with Gasteiger partial charge in [-0.3, -0.25) is 4.79 Å². The summed E-state index contributed by atoms with van der Waals surface area (Å²) in [5, 5.41) is 3.86. The molecule has 0 fully saturated rings. The number of rotatable bonds is 5. The number of nitrogens with one attached hydrogen (secondary N) is 1. The van der Waals surface area contributed by atoms with Gasteiger partial charge in [0.15, 0.2) is 0 Å². The van der Waals surface area contributed by atoms with Crippen LogP contribution in [0.4, 0.5) is 0 Å². The van der Waals surface area contributed by atoms with E-state index in [4.69, 9.17) is 32.7 Å². The van der Waals surface area contributed by atoms with Gasteiger partial charge in [0.05, 0.1) is 19.8 Å². The topological polar surface area (TPSA) is 47.6 Å². The van der Waals surface area contributed by atoms with Gasteiger partial charge in [-0.1, -0.05) is 29.3 Å². The van der Waals surface area contributed by atoms with Crippen molar-refractivity contribution in [3.63, 3.8) is 0 Å². The molecule has 0 bridgehead atoms. The van der Waals surface area contributed by atoms with E-state index in [-0.39, 0.29) is 12.5 Å². The number of methoxy groups -OCH3 is 2. The van der Waals surface area contributed by atoms with Gasteiger partial charge in [0.1, 0.15) is 11.5 Å². The first-order valence-electron chi connectivity index (χ1n) is 6.49. The normalized spacial score (nSPS) is 10.2. The molecule has 4 nitrogen and oxygen atoms in total. The van der Waals surface area contributed by atoms with Gasteiger partial charge in [0.25, 0.3) is 5.91 Å². The minimum atomic E-state index is -0.276. The zero-order valence-corrected chi connectivity index (χ0v) is 13.7. The first-order chi connectivity index (χ1) is 10.5. The maximum absolute atomic E-state index is 12.3. The molecule has 1 N–H and O–H groups in total. The van der Waals surface area contributed by atoms with Crippen molar-refractivity contribution >= 4 is 29.1 Å². The smallest absolute Gasteiger partial charge is 0.255 e. The van der Waals surface area contributed by atoms with E-state index in [1.165, 1.54) is 14.2 Å². The highest BCUT2D eigenvalue weighted by molar-refractivity contribution is 6.35. The second-order valence-corrected chi connectivity index (χ2v) is 5.33. The second kappa shape index (κ2) is 7.38. The van der Waals surface area contributed by atoms with Crippen molar-refractivity contribution in [1.29, 1.82) is 0 Å². The van der Waals surface area contributed by atoms with Crippen LogP contribution in [0.15, 0.2) is 36.4 Å². The van der Waals surface area contributed by atoms with Crippen molar-refractivity contribution < 1.29 is 14.3 Å². The van der Waals surface area contributed by atoms with E-state index < -0.39 is 0 Å². The van der Waals surface area contributed by atoms with Crippen molar-refractivity contribution in [3.8, 4) is 11.5 Å². The fourth-order valence-electron chi connectivity index (χ4n) is 1.93. The maximum atomic E-state index is 12.3. The minimum absolute atomic E-state index is 0.276. The Kier molecular flexibility index (Phi) is 5.52. The summed E-state index contributed by atoms with van der Waals surface area (Å²) in [5.74, 6) is 0.776. The number of carbonyl (C=O) groups is 1. The van der Waals surface area contributed by atoms with Gasteiger partial charge >= 0.3 is 0 Å². The van der Waals surface area contributed by atoms with Crippen molar-refractivity contribution in [2.75, 3.05) is 14.2 Å². The van der Waals surface area contributed by atoms with Crippen LogP contribution in [0.2, 0.25) is 10.0 Å². The van der Waals surface area contributed by atoms with E-state index in [0.29, 0.717) is 27.1 Å². The van der Waals surface area contributed by atoms with Crippen LogP contribution in [0.25, 0.3) is 0 Å². The lowest BCUT2D eigenvalue weighted by Gasteiger charge is -2.11. The third-order valence-corrected chi connectivity index (χ3v) is 3.69. The number of hydrogen-bond donors (Lipinski definition) is 1. The Balaban J connectivity index is 2.15. The Bertz CT molecular complexity index is 689. The number of hydrogen-bond acceptors (Lipinski definition) is 3. The molecule has 0 atom stereocenters. The van der Waals surface area contributed by atoms with E-state index in [0.717, 1.165) is 5.56 Å². The fourth-order valence-corrected chi connectivity index (χ4v) is 2.40. The molecule has 0 saturated carbocycles. The summed E-state index contributed by atoms with van der Waals surface area (Å²) >= 11 is 11.9. The van der Waals surface area contributed by atoms with Crippen LogP contribution < -0.4 is 14.8 Å². The highest BCUT2D eigenvalue weighted by Crippen LogP contribution is 2.24. The molecule has 0 aliphatic heterocycles. The summed E-state index contributed by atoms with van der Waals surface area (Å²) in [5.41, 5.74) is 1.17. The third kappa shape index (κ3) is 3.84. The molecule has 0 radical (unpaired) electrons. The molecule has 6 heteroatoms. The predicted octanol–water partition coefficient (Wildman–Crippen LogP) is 3.94. The van der Waals surface area contributed by atoms with Gasteiger partial charge in [-0.2, -0.15) is 0 Å². The second-order valence-electron chi connectivity index (χ2n) is 4.48. The van der Waals surface area contributed by atoms with Crippen LogP contribution >= 0.6 is 23.2 Å². The first-order valence-corrected chi connectivity index (χ1v) is 7.25. The zero-order valence-electron chi connectivity index (χ0n) is 12.2. The lowest BCUT2D eigenvalue weighted by Crippen LogP contribution is -2.23. The summed E-state index contributed by atoms with van der Waals surface area (Å²) in [4.78, 5) is 12.3. The number of ether oxygens (including phenoxy) is 2. The average Bonchev–Trinajstić information content (AvgIpc) is 2.53. The predicted molar refractivity (Wildman–Crippen MR) is 87.2 cm³/mol. The summed E-state index contributed by atoms with van der Waals surface area (Å²) in [7, 11) is 3.05. The van der Waals surface area contributed by atoms with Crippen LogP contribution in [0.5, 0.6) is 11.5 Å². The molecular weight excluding hydrogens is 325 g/mol. The lowest BCUT2D eigenvalue weighted by atomic mass is 10.1. The van der Waals surface area contributed by atoms with Gasteiger partial charge in [-0.05, 0) is 35.9 Å². The standard InChI is InChI=1S/C16H15Cl2NO3/c1-21-12-5-6-15(22-2)13(8-12)16(20)19-9-10-3-4-11(17)7-14(10)18/h3-8H,9H2,1-2H3,(H,19,20). The SMILES string of the molecule is COc1ccc(OC)c(C(=O)NCc2ccc(Cl)cc2Cl)c1. The van der Waals surface area contributed by atoms with Crippen LogP contribution in [0.1, 0.15) is 15.9 Å². The third-order valence-electron chi connectivity index (χ3n) is 3.11. The molecule has 2 aromatic rings. The quantitative estimate of drug-likeness (QED) is 0.897. The lowest BCUT2D eigenvalue weighted by molar-refractivity contribution is 0.0947. The van der Waals surface area contributed by atoms with E-state index in [9.17, 15) is 4.79 Å². The molecule has 0 aliphatic carbocycles. The molecule has 116 valence electrons. The van der Waals surface area contributed by atoms with Crippen molar-refractivity contribution in [2.24, 2.45) is 0 Å². The Labute approximate surface area is 138 Å². The Morgan fingerprint density at radius 1 is 1.09 bits per heavy atom. The summed E-state index contributed by atoms with van der Waals surface area (Å²) in [6.45, 7) is 0.287. The Morgan fingerprint density at radius 2 is 1.86 bits per heavy atom. The average molecular weight is 340 g/mol. The van der Waals surface area contributed by atoms with Crippen molar-refractivity contribution in [2.45, 2.75) is 6.54 Å². The number of benzene rings is 2. The van der Waals surface area contributed by atoms with Gasteiger partial charge < -0.3 is 14.8 Å². The van der Waals surface area contributed by atoms with Gasteiger partial charge in [-0.25, -0.2) is 0 Å². The first kappa shape index (κ1) is 16.5. The Hall–Kier alpha value is -1.91. The monoisotopic (exact) mass is 339 g/mol. The minimum Gasteiger partial charge on any atom is -0.497 e. The van der Waals surface area contributed by atoms with E-state index in [2.05, 4.69) is 5.32 Å². The van der Waals surface area contributed by atoms with Crippen molar-refractivity contribution in [3.05, 3.63) is 57.6 Å². The van der Waals surface area contributed by atoms with Crippen LogP contribution in [0, 0.1) is 0 Å². The zero-order chi connectivity index (χ0) is 16.1. The van der Waals surface area contributed by atoms with E-state index >= 15 is 0 Å². The molecule has 0 heterocycles. The number of amides is 1. The summed E-state index contributed by atoms with van der Waals surface area (Å²) < 4.78 is 10.3. The summed E-state index contributed by atoms with van der Waals surface area (Å²) in [6.07, 6.45) is 0. The molecule has 0 aromatic heterocycles. The largest absolute Gasteiger partial charge is 0.497 e. The van der Waals surface area contributed by atoms with Gasteiger partial charge in [0, 0.05) is 16.6 Å². The number of carbonyl (C=O) groups excluding carboxylic acids is 1. The maximum Gasteiger partial charge on any atom is 0.255 e. The van der Waals surface area contributed by atoms with E-state index in [1.54, 1.807) is 36.4 Å². The number of halogens is 2.